The second kappa shape index (κ2) is 6.52. The van der Waals surface area contributed by atoms with Crippen molar-refractivity contribution in [1.29, 1.82) is 0 Å². The second-order valence-corrected chi connectivity index (χ2v) is 5.16. The maximum atomic E-state index is 12.2. The predicted octanol–water partition coefficient (Wildman–Crippen LogP) is 2.27. The number of urea groups is 1. The number of rotatable bonds is 5. The first-order valence-corrected chi connectivity index (χ1v) is 7.33. The molecule has 0 unspecified atom stereocenters. The maximum absolute atomic E-state index is 12.2. The number of amidine groups is 1. The summed E-state index contributed by atoms with van der Waals surface area (Å²) in [5.74, 6) is 0.242. The van der Waals surface area contributed by atoms with Crippen molar-refractivity contribution in [3.8, 4) is 0 Å². The Kier molecular flexibility index (Phi) is 4.73. The summed E-state index contributed by atoms with van der Waals surface area (Å²) in [4.78, 5) is 28.2. The Hall–Kier alpha value is -2.17. The molecule has 0 aromatic heterocycles. The molecule has 0 spiro atoms. The summed E-state index contributed by atoms with van der Waals surface area (Å²) in [7, 11) is 0. The van der Waals surface area contributed by atoms with Crippen LogP contribution in [0, 0.1) is 5.41 Å². The van der Waals surface area contributed by atoms with Gasteiger partial charge in [0, 0.05) is 6.54 Å². The van der Waals surface area contributed by atoms with E-state index in [-0.39, 0.29) is 5.91 Å². The topological polar surface area (TPSA) is 70.6 Å². The number of hydrogen-bond donors (Lipinski definition) is 2. The molecule has 0 saturated carbocycles. The number of nitrogens with one attached hydrogen (secondary N) is 2. The number of aliphatic imine (C=N–C) groups is 1. The van der Waals surface area contributed by atoms with Crippen molar-refractivity contribution in [2.75, 3.05) is 6.54 Å². The summed E-state index contributed by atoms with van der Waals surface area (Å²) in [6.07, 6.45) is 2.00. The average molecular weight is 287 g/mol. The molecule has 1 aliphatic heterocycles. The fraction of sp³-hybridized carbons (Fsp3) is 0.438. The summed E-state index contributed by atoms with van der Waals surface area (Å²) in [5.41, 5.74) is 0.469. The minimum absolute atomic E-state index is 0.255. The van der Waals surface area contributed by atoms with Gasteiger partial charge in [0.1, 0.15) is 11.3 Å². The van der Waals surface area contributed by atoms with Gasteiger partial charge in [0.25, 0.3) is 0 Å². The Morgan fingerprint density at radius 3 is 2.33 bits per heavy atom. The van der Waals surface area contributed by atoms with Crippen LogP contribution in [-0.2, 0) is 11.2 Å². The van der Waals surface area contributed by atoms with E-state index in [1.165, 1.54) is 5.56 Å². The smallest absolute Gasteiger partial charge is 0.295 e. The molecule has 0 bridgehead atoms. The van der Waals surface area contributed by atoms with E-state index in [4.69, 9.17) is 0 Å². The number of carbonyl (C=O) groups is 2. The molecule has 3 amide bonds. The molecule has 1 fully saturated rings. The summed E-state index contributed by atoms with van der Waals surface area (Å²) < 4.78 is 0. The number of carbonyl (C=O) groups excluding carboxylic acids is 2. The van der Waals surface area contributed by atoms with Crippen molar-refractivity contribution >= 4 is 17.8 Å². The predicted molar refractivity (Wildman–Crippen MR) is 82.1 cm³/mol. The van der Waals surface area contributed by atoms with Crippen molar-refractivity contribution < 1.29 is 9.59 Å². The van der Waals surface area contributed by atoms with Crippen LogP contribution >= 0.6 is 0 Å². The third kappa shape index (κ3) is 3.12. The van der Waals surface area contributed by atoms with Crippen molar-refractivity contribution in [3.63, 3.8) is 0 Å². The van der Waals surface area contributed by atoms with Gasteiger partial charge in [-0.2, -0.15) is 0 Å². The lowest BCUT2D eigenvalue weighted by Gasteiger charge is -2.35. The van der Waals surface area contributed by atoms with Crippen LogP contribution in [0.15, 0.2) is 35.3 Å². The molecule has 1 aromatic rings. The van der Waals surface area contributed by atoms with Gasteiger partial charge < -0.3 is 0 Å². The number of hydrogen-bond acceptors (Lipinski definition) is 3. The maximum Gasteiger partial charge on any atom is 0.326 e. The highest BCUT2D eigenvalue weighted by atomic mass is 16.2. The fourth-order valence-electron chi connectivity index (χ4n) is 2.63. The van der Waals surface area contributed by atoms with E-state index in [2.05, 4.69) is 15.6 Å². The normalized spacial score (nSPS) is 19.2. The molecule has 1 aromatic carbocycles. The number of nitrogens with zero attached hydrogens (tertiary/aromatic N) is 1. The first kappa shape index (κ1) is 15.2. The molecule has 1 aliphatic rings. The van der Waals surface area contributed by atoms with Crippen LogP contribution in [0.1, 0.15) is 32.3 Å². The van der Waals surface area contributed by atoms with E-state index in [1.807, 2.05) is 44.2 Å². The minimum Gasteiger partial charge on any atom is -0.295 e. The standard InChI is InChI=1S/C16H21N3O2/c1-3-16(4-2)13(18-15(21)19-14(16)20)17-11-10-12-8-6-5-7-9-12/h5-9H,3-4,10-11H2,1-2H3,(H2,17,18,19,20,21). The van der Waals surface area contributed by atoms with Crippen LogP contribution in [-0.4, -0.2) is 24.3 Å². The van der Waals surface area contributed by atoms with Crippen LogP contribution in [0.3, 0.4) is 0 Å². The molecule has 1 saturated heterocycles. The fourth-order valence-corrected chi connectivity index (χ4v) is 2.63. The summed E-state index contributed by atoms with van der Waals surface area (Å²) in [5, 5.41) is 5.05. The number of imide groups is 1. The quantitative estimate of drug-likeness (QED) is 0.872. The van der Waals surface area contributed by atoms with Crippen molar-refractivity contribution in [2.24, 2.45) is 10.4 Å². The van der Waals surface area contributed by atoms with Gasteiger partial charge in [-0.05, 0) is 24.8 Å². The third-order valence-electron chi connectivity index (χ3n) is 4.07. The van der Waals surface area contributed by atoms with Crippen molar-refractivity contribution in [2.45, 2.75) is 33.1 Å². The molecule has 5 heteroatoms. The van der Waals surface area contributed by atoms with Crippen LogP contribution in [0.4, 0.5) is 4.79 Å². The van der Waals surface area contributed by atoms with Crippen molar-refractivity contribution in [1.82, 2.24) is 10.6 Å². The molecular formula is C16H21N3O2. The minimum atomic E-state index is -0.718. The average Bonchev–Trinajstić information content (AvgIpc) is 2.49. The zero-order valence-corrected chi connectivity index (χ0v) is 12.5. The van der Waals surface area contributed by atoms with Gasteiger partial charge in [-0.25, -0.2) is 4.79 Å². The van der Waals surface area contributed by atoms with Gasteiger partial charge >= 0.3 is 6.03 Å². The molecule has 112 valence electrons. The van der Waals surface area contributed by atoms with Crippen LogP contribution in [0.2, 0.25) is 0 Å². The highest BCUT2D eigenvalue weighted by Gasteiger charge is 2.45. The monoisotopic (exact) mass is 287 g/mol. The van der Waals surface area contributed by atoms with Gasteiger partial charge in [-0.1, -0.05) is 44.2 Å². The second-order valence-electron chi connectivity index (χ2n) is 5.16. The van der Waals surface area contributed by atoms with E-state index in [0.717, 1.165) is 6.42 Å². The van der Waals surface area contributed by atoms with Gasteiger partial charge in [0.05, 0.1) is 0 Å². The molecule has 2 N–H and O–H groups in total. The summed E-state index contributed by atoms with van der Waals surface area (Å²) >= 11 is 0. The largest absolute Gasteiger partial charge is 0.326 e. The summed E-state index contributed by atoms with van der Waals surface area (Å²) in [6, 6.07) is 9.54. The Bertz CT molecular complexity index is 548. The van der Waals surface area contributed by atoms with Crippen LogP contribution in [0.25, 0.3) is 0 Å². The van der Waals surface area contributed by atoms with E-state index in [9.17, 15) is 9.59 Å². The van der Waals surface area contributed by atoms with Crippen LogP contribution in [0.5, 0.6) is 0 Å². The number of amides is 3. The lowest BCUT2D eigenvalue weighted by Crippen LogP contribution is -2.62. The molecule has 2 rings (SSSR count). The van der Waals surface area contributed by atoms with E-state index >= 15 is 0 Å². The SMILES string of the molecule is CCC1(CC)C(=O)NC(=O)NC1=NCCc1ccccc1. The number of benzene rings is 1. The highest BCUT2D eigenvalue weighted by Crippen LogP contribution is 2.29. The van der Waals surface area contributed by atoms with Crippen molar-refractivity contribution in [3.05, 3.63) is 35.9 Å². The van der Waals surface area contributed by atoms with E-state index in [0.29, 0.717) is 25.2 Å². The van der Waals surface area contributed by atoms with E-state index in [1.54, 1.807) is 0 Å². The van der Waals surface area contributed by atoms with Gasteiger partial charge in [0.15, 0.2) is 0 Å². The molecule has 0 atom stereocenters. The zero-order valence-electron chi connectivity index (χ0n) is 12.5. The first-order chi connectivity index (χ1) is 10.1. The molecular weight excluding hydrogens is 266 g/mol. The molecule has 5 nitrogen and oxygen atoms in total. The van der Waals surface area contributed by atoms with Gasteiger partial charge in [0.2, 0.25) is 5.91 Å². The first-order valence-electron chi connectivity index (χ1n) is 7.33. The lowest BCUT2D eigenvalue weighted by molar-refractivity contribution is -0.127. The zero-order chi connectivity index (χ0) is 15.3. The molecule has 0 aliphatic carbocycles. The Morgan fingerprint density at radius 1 is 1.05 bits per heavy atom. The van der Waals surface area contributed by atoms with E-state index < -0.39 is 11.4 Å². The Morgan fingerprint density at radius 2 is 1.71 bits per heavy atom. The highest BCUT2D eigenvalue weighted by molar-refractivity contribution is 6.20. The third-order valence-corrected chi connectivity index (χ3v) is 4.07. The molecule has 1 heterocycles. The molecule has 21 heavy (non-hydrogen) atoms. The molecule has 0 radical (unpaired) electrons. The van der Waals surface area contributed by atoms with Gasteiger partial charge in [-0.15, -0.1) is 0 Å². The Labute approximate surface area is 124 Å². The summed E-state index contributed by atoms with van der Waals surface area (Å²) in [6.45, 7) is 4.43. The van der Waals surface area contributed by atoms with Gasteiger partial charge in [-0.3, -0.25) is 20.4 Å². The Balaban J connectivity index is 2.15. The van der Waals surface area contributed by atoms with Crippen LogP contribution < -0.4 is 10.6 Å². The lowest BCUT2D eigenvalue weighted by atomic mass is 9.78.